The third-order valence-electron chi connectivity index (χ3n) is 6.03. The van der Waals surface area contributed by atoms with E-state index in [9.17, 15) is 9.90 Å². The Bertz CT molecular complexity index is 853. The lowest BCUT2D eigenvalue weighted by atomic mass is 9.95. The van der Waals surface area contributed by atoms with Gasteiger partial charge in [0.05, 0.1) is 6.10 Å². The van der Waals surface area contributed by atoms with E-state index >= 15 is 0 Å². The quantitative estimate of drug-likeness (QED) is 0.632. The Morgan fingerprint density at radius 3 is 2.74 bits per heavy atom. The van der Waals surface area contributed by atoms with Crippen LogP contribution in [0.25, 0.3) is 0 Å². The van der Waals surface area contributed by atoms with Gasteiger partial charge < -0.3 is 15.7 Å². The van der Waals surface area contributed by atoms with E-state index in [2.05, 4.69) is 49.8 Å². The number of fused-ring (bicyclic) bond motifs is 1. The average molecular weight is 426 g/mol. The van der Waals surface area contributed by atoms with Gasteiger partial charge >= 0.3 is 0 Å². The summed E-state index contributed by atoms with van der Waals surface area (Å²) in [5.74, 6) is 0.404. The van der Waals surface area contributed by atoms with E-state index in [0.717, 1.165) is 32.4 Å². The number of rotatable bonds is 7. The van der Waals surface area contributed by atoms with Gasteiger partial charge in [-0.25, -0.2) is 9.97 Å². The Kier molecular flexibility index (Phi) is 8.37. The number of carbonyl (C=O) groups is 1. The summed E-state index contributed by atoms with van der Waals surface area (Å²) in [6.07, 6.45) is 7.82. The molecular weight excluding hydrogens is 390 g/mol. The molecule has 0 bridgehead atoms. The minimum Gasteiger partial charge on any atom is -0.390 e. The molecule has 2 aliphatic rings. The highest BCUT2D eigenvalue weighted by Crippen LogP contribution is 2.21. The van der Waals surface area contributed by atoms with Crippen molar-refractivity contribution in [3.8, 4) is 0 Å². The van der Waals surface area contributed by atoms with Crippen molar-refractivity contribution in [2.24, 2.45) is 0 Å². The molecule has 4 rings (SSSR count). The van der Waals surface area contributed by atoms with Crippen LogP contribution in [-0.2, 0) is 13.0 Å². The van der Waals surface area contributed by atoms with Crippen LogP contribution in [0, 0.1) is 0 Å². The van der Waals surface area contributed by atoms with Crippen molar-refractivity contribution < 1.29 is 9.90 Å². The first-order valence-corrected chi connectivity index (χ1v) is 11.0. The molecule has 1 atom stereocenters. The molecule has 3 N–H and O–H groups in total. The van der Waals surface area contributed by atoms with E-state index in [1.807, 2.05) is 0 Å². The summed E-state index contributed by atoms with van der Waals surface area (Å²) >= 11 is 0. The maximum absolute atomic E-state index is 12.5. The van der Waals surface area contributed by atoms with Gasteiger partial charge in [-0.05, 0) is 30.4 Å². The Hall–Kier alpha value is -2.51. The number of β-amino-alcohol motifs (C(OH)–C–C–N with tert-alkyl or cyclic N) is 1. The van der Waals surface area contributed by atoms with E-state index in [-0.39, 0.29) is 19.9 Å². The van der Waals surface area contributed by atoms with E-state index in [1.165, 1.54) is 36.7 Å². The highest BCUT2D eigenvalue weighted by atomic mass is 16.3. The molecule has 168 valence electrons. The molecule has 1 aromatic carbocycles. The lowest BCUT2D eigenvalue weighted by Gasteiger charge is -2.30. The van der Waals surface area contributed by atoms with Crippen molar-refractivity contribution in [1.82, 2.24) is 20.2 Å². The summed E-state index contributed by atoms with van der Waals surface area (Å²) < 4.78 is 0. The first-order chi connectivity index (χ1) is 14.7. The van der Waals surface area contributed by atoms with Gasteiger partial charge in [-0.15, -0.1) is 0 Å². The molecule has 1 fully saturated rings. The zero-order valence-electron chi connectivity index (χ0n) is 17.4. The van der Waals surface area contributed by atoms with Crippen molar-refractivity contribution in [3.05, 3.63) is 53.5 Å². The number of nitrogens with zero attached hydrogens (tertiary/aromatic N) is 3. The molecular formula is C24H35N5O2. The van der Waals surface area contributed by atoms with Crippen molar-refractivity contribution in [3.63, 3.8) is 0 Å². The van der Waals surface area contributed by atoms with E-state index in [1.54, 1.807) is 6.07 Å². The van der Waals surface area contributed by atoms with Crippen LogP contribution in [0.3, 0.4) is 0 Å². The molecule has 1 aliphatic heterocycles. The standard InChI is InChI=1S/C23H31N5O2.CH4/c29-20(15-28-11-10-17-6-4-5-7-18(17)14-28)13-24-23(30)21-12-22(26-16-25-21)27-19-8-2-1-3-9-19;/h4-7,12,16,19-20,29H,1-3,8-11,13-15H2,(H,24,30)(H,25,26,27);1H4/t20-;/m0./s1. The smallest absolute Gasteiger partial charge is 0.270 e. The molecule has 31 heavy (non-hydrogen) atoms. The van der Waals surface area contributed by atoms with Crippen LogP contribution >= 0.6 is 0 Å². The molecule has 1 aromatic heterocycles. The minimum atomic E-state index is -0.624. The summed E-state index contributed by atoms with van der Waals surface area (Å²) in [5, 5.41) is 16.6. The number of hydrogen-bond acceptors (Lipinski definition) is 6. The first kappa shape index (κ1) is 23.2. The van der Waals surface area contributed by atoms with Gasteiger partial charge in [-0.1, -0.05) is 51.0 Å². The molecule has 7 nitrogen and oxygen atoms in total. The fourth-order valence-electron chi connectivity index (χ4n) is 4.39. The molecule has 0 radical (unpaired) electrons. The molecule has 1 amide bonds. The average Bonchev–Trinajstić information content (AvgIpc) is 2.78. The van der Waals surface area contributed by atoms with Gasteiger partial charge in [0.2, 0.25) is 0 Å². The number of nitrogens with one attached hydrogen (secondary N) is 2. The van der Waals surface area contributed by atoms with Gasteiger partial charge in [0, 0.05) is 38.3 Å². The Labute approximate surface area is 185 Å². The zero-order valence-corrected chi connectivity index (χ0v) is 17.4. The third kappa shape index (κ3) is 6.48. The summed E-state index contributed by atoms with van der Waals surface area (Å²) in [7, 11) is 0. The largest absolute Gasteiger partial charge is 0.390 e. The Morgan fingerprint density at radius 2 is 1.94 bits per heavy atom. The number of carbonyl (C=O) groups excluding carboxylic acids is 1. The van der Waals surface area contributed by atoms with Crippen LogP contribution in [0.2, 0.25) is 0 Å². The highest BCUT2D eigenvalue weighted by Gasteiger charge is 2.19. The predicted molar refractivity (Wildman–Crippen MR) is 123 cm³/mol. The van der Waals surface area contributed by atoms with E-state index in [0.29, 0.717) is 24.1 Å². The fraction of sp³-hybridized carbons (Fsp3) is 0.542. The van der Waals surface area contributed by atoms with Crippen molar-refractivity contribution in [2.45, 2.75) is 64.6 Å². The minimum absolute atomic E-state index is 0. The second kappa shape index (κ2) is 11.2. The van der Waals surface area contributed by atoms with Gasteiger partial charge in [0.1, 0.15) is 17.8 Å². The fourth-order valence-corrected chi connectivity index (χ4v) is 4.39. The maximum atomic E-state index is 12.5. The SMILES string of the molecule is C.O=C(NC[C@H](O)CN1CCc2ccccc2C1)c1cc(NC2CCCCC2)ncn1. The third-order valence-corrected chi connectivity index (χ3v) is 6.03. The molecule has 2 heterocycles. The first-order valence-electron chi connectivity index (χ1n) is 11.0. The number of aromatic nitrogens is 2. The second-order valence-electron chi connectivity index (χ2n) is 8.39. The number of aliphatic hydroxyl groups excluding tert-OH is 1. The molecule has 2 aromatic rings. The van der Waals surface area contributed by atoms with Crippen LogP contribution in [0.1, 0.15) is 61.1 Å². The molecule has 0 spiro atoms. The van der Waals surface area contributed by atoms with Gasteiger partial charge in [0.15, 0.2) is 0 Å². The van der Waals surface area contributed by atoms with Gasteiger partial charge in [0.25, 0.3) is 5.91 Å². The Morgan fingerprint density at radius 1 is 1.16 bits per heavy atom. The summed E-state index contributed by atoms with van der Waals surface area (Å²) in [4.78, 5) is 23.1. The normalized spacial score (nSPS) is 17.8. The molecule has 1 saturated carbocycles. The highest BCUT2D eigenvalue weighted by molar-refractivity contribution is 5.92. The van der Waals surface area contributed by atoms with E-state index < -0.39 is 6.10 Å². The zero-order chi connectivity index (χ0) is 20.8. The number of hydrogen-bond donors (Lipinski definition) is 3. The summed E-state index contributed by atoms with van der Waals surface area (Å²) in [6, 6.07) is 10.5. The predicted octanol–water partition coefficient (Wildman–Crippen LogP) is 3.01. The lowest BCUT2D eigenvalue weighted by molar-refractivity contribution is 0.0838. The number of amides is 1. The number of aliphatic hydroxyl groups is 1. The topological polar surface area (TPSA) is 90.4 Å². The summed E-state index contributed by atoms with van der Waals surface area (Å²) in [6.45, 7) is 2.49. The maximum Gasteiger partial charge on any atom is 0.270 e. The van der Waals surface area contributed by atoms with Crippen LogP contribution < -0.4 is 10.6 Å². The van der Waals surface area contributed by atoms with Crippen LogP contribution in [0.5, 0.6) is 0 Å². The second-order valence-corrected chi connectivity index (χ2v) is 8.39. The molecule has 0 saturated heterocycles. The van der Waals surface area contributed by atoms with Crippen molar-refractivity contribution >= 4 is 11.7 Å². The van der Waals surface area contributed by atoms with Crippen LogP contribution in [-0.4, -0.2) is 57.7 Å². The van der Waals surface area contributed by atoms with Crippen LogP contribution in [0.4, 0.5) is 5.82 Å². The number of anilines is 1. The van der Waals surface area contributed by atoms with Crippen molar-refractivity contribution in [2.75, 3.05) is 25.0 Å². The molecule has 7 heteroatoms. The van der Waals surface area contributed by atoms with Crippen LogP contribution in [0.15, 0.2) is 36.7 Å². The summed E-state index contributed by atoms with van der Waals surface area (Å²) in [5.41, 5.74) is 3.03. The van der Waals surface area contributed by atoms with Gasteiger partial charge in [-0.3, -0.25) is 9.69 Å². The lowest BCUT2D eigenvalue weighted by Crippen LogP contribution is -2.42. The van der Waals surface area contributed by atoms with E-state index in [4.69, 9.17) is 0 Å². The monoisotopic (exact) mass is 425 g/mol. The van der Waals surface area contributed by atoms with Crippen molar-refractivity contribution in [1.29, 1.82) is 0 Å². The molecule has 0 unspecified atom stereocenters. The number of benzene rings is 1. The molecule has 1 aliphatic carbocycles. The van der Waals surface area contributed by atoms with Gasteiger partial charge in [-0.2, -0.15) is 0 Å². The Balaban J connectivity index is 0.00000272.